The van der Waals surface area contributed by atoms with Gasteiger partial charge in [-0.25, -0.2) is 4.98 Å². The monoisotopic (exact) mass is 480 g/mol. The van der Waals surface area contributed by atoms with Gasteiger partial charge >= 0.3 is 0 Å². The summed E-state index contributed by atoms with van der Waals surface area (Å²) < 4.78 is 7.62. The van der Waals surface area contributed by atoms with Gasteiger partial charge in [0.15, 0.2) is 5.82 Å². The minimum atomic E-state index is -0.159. The van der Waals surface area contributed by atoms with Crippen LogP contribution in [0.2, 0.25) is 0 Å². The lowest BCUT2D eigenvalue weighted by molar-refractivity contribution is 0.0940. The number of benzene rings is 3. The minimum Gasteiger partial charge on any atom is -0.494 e. The zero-order valence-electron chi connectivity index (χ0n) is 20.3. The van der Waals surface area contributed by atoms with E-state index in [2.05, 4.69) is 27.8 Å². The van der Waals surface area contributed by atoms with E-state index in [4.69, 9.17) is 9.72 Å². The first-order valence-corrected chi connectivity index (χ1v) is 12.1. The van der Waals surface area contributed by atoms with Crippen molar-refractivity contribution in [2.75, 3.05) is 11.9 Å². The summed E-state index contributed by atoms with van der Waals surface area (Å²) in [5, 5.41) is 14.6. The van der Waals surface area contributed by atoms with Gasteiger partial charge in [-0.3, -0.25) is 9.20 Å². The van der Waals surface area contributed by atoms with Gasteiger partial charge in [-0.05, 0) is 61.4 Å². The second kappa shape index (κ2) is 10.4. The summed E-state index contributed by atoms with van der Waals surface area (Å²) in [6.07, 6.45) is 3.80. The van der Waals surface area contributed by atoms with E-state index in [1.165, 1.54) is 0 Å². The number of unbranched alkanes of at least 4 members (excludes halogenated alkanes) is 1. The fraction of sp³-hybridized carbons (Fsp3) is 0.214. The number of fused-ring (bicyclic) bond motifs is 3. The predicted octanol–water partition coefficient (Wildman–Crippen LogP) is 5.69. The average molecular weight is 481 g/mol. The molecule has 0 saturated carbocycles. The van der Waals surface area contributed by atoms with E-state index < -0.39 is 0 Å². The topological polar surface area (TPSA) is 93.4 Å². The van der Waals surface area contributed by atoms with Crippen LogP contribution in [0.1, 0.15) is 48.7 Å². The number of hydrogen-bond donors (Lipinski definition) is 2. The van der Waals surface area contributed by atoms with Crippen LogP contribution in [-0.4, -0.2) is 32.1 Å². The molecule has 0 radical (unpaired) electrons. The minimum absolute atomic E-state index is 0.156. The van der Waals surface area contributed by atoms with Crippen molar-refractivity contribution >= 4 is 34.1 Å². The van der Waals surface area contributed by atoms with Gasteiger partial charge in [-0.2, -0.15) is 0 Å². The second-order valence-electron chi connectivity index (χ2n) is 8.65. The van der Waals surface area contributed by atoms with Crippen LogP contribution in [-0.2, 0) is 0 Å². The summed E-state index contributed by atoms with van der Waals surface area (Å²) in [5.41, 5.74) is 4.64. The Balaban J connectivity index is 1.30. The van der Waals surface area contributed by atoms with Crippen molar-refractivity contribution < 1.29 is 9.53 Å². The maximum absolute atomic E-state index is 13.0. The molecule has 2 aromatic heterocycles. The predicted molar refractivity (Wildman–Crippen MR) is 141 cm³/mol. The number of amides is 1. The Morgan fingerprint density at radius 2 is 1.89 bits per heavy atom. The van der Waals surface area contributed by atoms with Crippen LogP contribution < -0.4 is 15.4 Å². The molecule has 1 atom stereocenters. The summed E-state index contributed by atoms with van der Waals surface area (Å²) in [5.74, 6) is 1.25. The Hall–Kier alpha value is -4.46. The highest BCUT2D eigenvalue weighted by molar-refractivity contribution is 5.95. The van der Waals surface area contributed by atoms with Crippen LogP contribution >= 0.6 is 0 Å². The molecule has 0 bridgehead atoms. The largest absolute Gasteiger partial charge is 0.494 e. The van der Waals surface area contributed by atoms with Crippen molar-refractivity contribution in [3.05, 3.63) is 90.3 Å². The fourth-order valence-electron chi connectivity index (χ4n) is 4.01. The van der Waals surface area contributed by atoms with Crippen molar-refractivity contribution in [2.24, 2.45) is 0 Å². The zero-order valence-corrected chi connectivity index (χ0v) is 20.3. The summed E-state index contributed by atoms with van der Waals surface area (Å²) >= 11 is 0. The molecule has 0 fully saturated rings. The molecule has 2 heterocycles. The van der Waals surface area contributed by atoms with Gasteiger partial charge in [0.05, 0.1) is 23.7 Å². The zero-order chi connectivity index (χ0) is 24.9. The standard InChI is InChI=1S/C28H28N6O2/c1-3-4-16-36-23-14-12-20(13-15-23)19(2)30-28(35)21-8-7-9-22(17-21)31-26-27-33-29-18-34(27)25-11-6-5-10-24(25)32-26/h5-15,17-19H,3-4,16H2,1-2H3,(H,30,35)(H,31,32)/t19-/m0/s1. The van der Waals surface area contributed by atoms with Gasteiger partial charge in [0.25, 0.3) is 5.91 Å². The average Bonchev–Trinajstić information content (AvgIpc) is 3.40. The van der Waals surface area contributed by atoms with E-state index in [0.717, 1.165) is 40.9 Å². The van der Waals surface area contributed by atoms with E-state index in [-0.39, 0.29) is 11.9 Å². The highest BCUT2D eigenvalue weighted by Gasteiger charge is 2.14. The molecule has 0 spiro atoms. The van der Waals surface area contributed by atoms with Crippen LogP contribution in [0, 0.1) is 0 Å². The maximum Gasteiger partial charge on any atom is 0.251 e. The first kappa shape index (κ1) is 23.3. The number of carbonyl (C=O) groups excluding carboxylic acids is 1. The van der Waals surface area contributed by atoms with Gasteiger partial charge in [0.2, 0.25) is 5.65 Å². The highest BCUT2D eigenvalue weighted by Crippen LogP contribution is 2.24. The number of carbonyl (C=O) groups is 1. The lowest BCUT2D eigenvalue weighted by atomic mass is 10.1. The molecule has 2 N–H and O–H groups in total. The summed E-state index contributed by atoms with van der Waals surface area (Å²) in [6, 6.07) is 22.8. The Kier molecular flexibility index (Phi) is 6.75. The number of rotatable bonds is 9. The molecular weight excluding hydrogens is 452 g/mol. The van der Waals surface area contributed by atoms with Crippen molar-refractivity contribution in [1.29, 1.82) is 0 Å². The number of hydrogen-bond acceptors (Lipinski definition) is 6. The molecule has 0 unspecified atom stereocenters. The van der Waals surface area contributed by atoms with E-state index in [9.17, 15) is 4.79 Å². The molecule has 0 aliphatic heterocycles. The number of nitrogens with zero attached hydrogens (tertiary/aromatic N) is 4. The molecule has 0 saturated heterocycles. The summed E-state index contributed by atoms with van der Waals surface area (Å²) in [7, 11) is 0. The SMILES string of the molecule is CCCCOc1ccc([C@H](C)NC(=O)c2cccc(Nc3nc4ccccc4n4cnnc34)c2)cc1. The van der Waals surface area contributed by atoms with Crippen molar-refractivity contribution in [3.63, 3.8) is 0 Å². The first-order chi connectivity index (χ1) is 17.6. The van der Waals surface area contributed by atoms with Crippen LogP contribution in [0.25, 0.3) is 16.7 Å². The third-order valence-corrected chi connectivity index (χ3v) is 6.01. The number of para-hydroxylation sites is 2. The number of nitrogens with one attached hydrogen (secondary N) is 2. The first-order valence-electron chi connectivity index (χ1n) is 12.1. The molecule has 8 heteroatoms. The van der Waals surface area contributed by atoms with Gasteiger partial charge in [-0.1, -0.05) is 43.7 Å². The number of anilines is 2. The molecule has 5 rings (SSSR count). The van der Waals surface area contributed by atoms with E-state index in [1.54, 1.807) is 18.5 Å². The Bertz CT molecular complexity index is 1500. The summed E-state index contributed by atoms with van der Waals surface area (Å²) in [4.78, 5) is 17.7. The third-order valence-electron chi connectivity index (χ3n) is 6.01. The maximum atomic E-state index is 13.0. The molecule has 0 aliphatic rings. The van der Waals surface area contributed by atoms with Crippen molar-refractivity contribution in [2.45, 2.75) is 32.7 Å². The lowest BCUT2D eigenvalue weighted by Crippen LogP contribution is -2.26. The van der Waals surface area contributed by atoms with Crippen molar-refractivity contribution in [3.8, 4) is 5.75 Å². The van der Waals surface area contributed by atoms with Crippen LogP contribution in [0.15, 0.2) is 79.1 Å². The normalized spacial score (nSPS) is 11.9. The van der Waals surface area contributed by atoms with Crippen molar-refractivity contribution in [1.82, 2.24) is 24.9 Å². The molecule has 1 amide bonds. The quantitative estimate of drug-likeness (QED) is 0.263. The Morgan fingerprint density at radius 1 is 1.06 bits per heavy atom. The molecule has 5 aromatic rings. The molecule has 3 aromatic carbocycles. The summed E-state index contributed by atoms with van der Waals surface area (Å²) in [6.45, 7) is 4.82. The fourth-order valence-corrected chi connectivity index (χ4v) is 4.01. The Labute approximate surface area is 209 Å². The second-order valence-corrected chi connectivity index (χ2v) is 8.65. The lowest BCUT2D eigenvalue weighted by Gasteiger charge is -2.16. The molecule has 182 valence electrons. The molecular formula is C28H28N6O2. The van der Waals surface area contributed by atoms with E-state index in [0.29, 0.717) is 23.6 Å². The number of ether oxygens (including phenoxy) is 1. The van der Waals surface area contributed by atoms with Crippen LogP contribution in [0.5, 0.6) is 5.75 Å². The molecule has 0 aliphatic carbocycles. The Morgan fingerprint density at radius 3 is 2.72 bits per heavy atom. The van der Waals surface area contributed by atoms with Gasteiger partial charge in [0.1, 0.15) is 12.1 Å². The van der Waals surface area contributed by atoms with E-state index in [1.807, 2.05) is 72.0 Å². The smallest absolute Gasteiger partial charge is 0.251 e. The van der Waals surface area contributed by atoms with Gasteiger partial charge < -0.3 is 15.4 Å². The third kappa shape index (κ3) is 4.98. The van der Waals surface area contributed by atoms with Gasteiger partial charge in [-0.15, -0.1) is 10.2 Å². The molecule has 8 nitrogen and oxygen atoms in total. The highest BCUT2D eigenvalue weighted by atomic mass is 16.5. The van der Waals surface area contributed by atoms with Crippen LogP contribution in [0.3, 0.4) is 0 Å². The molecule has 36 heavy (non-hydrogen) atoms. The number of aromatic nitrogens is 4. The van der Waals surface area contributed by atoms with E-state index >= 15 is 0 Å². The van der Waals surface area contributed by atoms with Gasteiger partial charge in [0, 0.05) is 11.3 Å². The van der Waals surface area contributed by atoms with Crippen LogP contribution in [0.4, 0.5) is 11.5 Å².